The number of likely N-dealkylation sites (tertiary alicyclic amines) is 1. The Hall–Kier alpha value is -1.56. The molecule has 0 unspecified atom stereocenters. The summed E-state index contributed by atoms with van der Waals surface area (Å²) in [4.78, 5) is 13.2. The van der Waals surface area contributed by atoms with Crippen molar-refractivity contribution in [2.24, 2.45) is 12.5 Å². The highest BCUT2D eigenvalue weighted by atomic mass is 16.6. The van der Waals surface area contributed by atoms with Crippen molar-refractivity contribution >= 4 is 6.09 Å². The van der Waals surface area contributed by atoms with Gasteiger partial charge in [0.25, 0.3) is 0 Å². The number of hydrogen-bond acceptors (Lipinski definition) is 4. The molecule has 0 aromatic carbocycles. The van der Waals surface area contributed by atoms with Crippen LogP contribution >= 0.6 is 0 Å². The third-order valence-corrected chi connectivity index (χ3v) is 5.99. The number of nitrogens with one attached hydrogen (secondary N) is 1. The molecule has 0 bridgehead atoms. The minimum atomic E-state index is -0.119. The smallest absolute Gasteiger partial charge is 0.409 e. The van der Waals surface area contributed by atoms with Gasteiger partial charge in [0.1, 0.15) is 0 Å². The van der Waals surface area contributed by atoms with E-state index in [0.717, 1.165) is 32.1 Å². The number of rotatable bonds is 2. The van der Waals surface area contributed by atoms with Crippen molar-refractivity contribution in [2.45, 2.75) is 65.2 Å². The molecule has 6 heteroatoms. The average molecular weight is 379 g/mol. The van der Waals surface area contributed by atoms with Gasteiger partial charge in [-0.2, -0.15) is 5.10 Å². The van der Waals surface area contributed by atoms with E-state index < -0.39 is 0 Å². The second-order valence-corrected chi connectivity index (χ2v) is 7.63. The molecule has 1 aromatic rings. The number of amides is 1. The van der Waals surface area contributed by atoms with Crippen LogP contribution in [0.15, 0.2) is 12.3 Å². The summed E-state index contributed by atoms with van der Waals surface area (Å²) >= 11 is 0. The normalized spacial score (nSPS) is 20.8. The average Bonchev–Trinajstić information content (AvgIpc) is 3.31. The van der Waals surface area contributed by atoms with Gasteiger partial charge in [-0.05, 0) is 63.6 Å². The molecule has 2 aliphatic heterocycles. The van der Waals surface area contributed by atoms with Gasteiger partial charge in [-0.15, -0.1) is 0 Å². The second-order valence-electron chi connectivity index (χ2n) is 7.63. The van der Waals surface area contributed by atoms with E-state index in [1.54, 1.807) is 0 Å². The van der Waals surface area contributed by atoms with Crippen molar-refractivity contribution in [1.29, 1.82) is 0 Å². The largest absolute Gasteiger partial charge is 0.450 e. The lowest BCUT2D eigenvalue weighted by atomic mass is 9.68. The second kappa shape index (κ2) is 10.7. The monoisotopic (exact) mass is 378 g/mol. The summed E-state index contributed by atoms with van der Waals surface area (Å²) in [6.45, 7) is 10.5. The number of ether oxygens (including phenoxy) is 1. The van der Waals surface area contributed by atoms with Gasteiger partial charge in [0.05, 0.1) is 6.61 Å². The molecule has 27 heavy (non-hydrogen) atoms. The van der Waals surface area contributed by atoms with Gasteiger partial charge in [0, 0.05) is 37.9 Å². The van der Waals surface area contributed by atoms with Crippen molar-refractivity contribution in [3.8, 4) is 0 Å². The van der Waals surface area contributed by atoms with Gasteiger partial charge in [0.2, 0.25) is 0 Å². The zero-order chi connectivity index (χ0) is 19.7. The van der Waals surface area contributed by atoms with Crippen LogP contribution in [0.1, 0.15) is 70.9 Å². The number of nitrogens with zero attached hydrogens (tertiary/aromatic N) is 3. The van der Waals surface area contributed by atoms with Crippen LogP contribution in [-0.2, 0) is 11.8 Å². The fraction of sp³-hybridized carbons (Fsp3) is 0.810. The molecule has 1 amide bonds. The summed E-state index contributed by atoms with van der Waals surface area (Å²) in [5, 5.41) is 7.55. The highest BCUT2D eigenvalue weighted by molar-refractivity contribution is 5.68. The van der Waals surface area contributed by atoms with E-state index in [2.05, 4.69) is 16.5 Å². The van der Waals surface area contributed by atoms with Crippen LogP contribution in [0.2, 0.25) is 0 Å². The number of piperidine rings is 1. The Morgan fingerprint density at radius 1 is 1.30 bits per heavy atom. The zero-order valence-electron chi connectivity index (χ0n) is 17.7. The van der Waals surface area contributed by atoms with E-state index in [-0.39, 0.29) is 6.09 Å². The van der Waals surface area contributed by atoms with Crippen molar-refractivity contribution in [3.05, 3.63) is 18.0 Å². The Bertz CT molecular complexity index is 562. The van der Waals surface area contributed by atoms with Gasteiger partial charge in [0.15, 0.2) is 0 Å². The third-order valence-electron chi connectivity index (χ3n) is 5.99. The minimum absolute atomic E-state index is 0.119. The molecule has 1 N–H and O–H groups in total. The molecule has 2 saturated heterocycles. The number of carbonyl (C=O) groups excluding carboxylic acids is 1. The summed E-state index contributed by atoms with van der Waals surface area (Å²) in [6.07, 6.45) is 9.41. The summed E-state index contributed by atoms with van der Waals surface area (Å²) in [5.74, 6) is 0.721. The summed E-state index contributed by atoms with van der Waals surface area (Å²) in [7, 11) is 2.03. The highest BCUT2D eigenvalue weighted by Crippen LogP contribution is 2.47. The Kier molecular flexibility index (Phi) is 8.61. The van der Waals surface area contributed by atoms with E-state index >= 15 is 0 Å². The van der Waals surface area contributed by atoms with Gasteiger partial charge in [-0.3, -0.25) is 4.68 Å². The molecule has 1 saturated carbocycles. The third kappa shape index (κ3) is 5.71. The van der Waals surface area contributed by atoms with Crippen LogP contribution in [-0.4, -0.2) is 53.6 Å². The molecule has 1 spiro atoms. The minimum Gasteiger partial charge on any atom is -0.450 e. The van der Waals surface area contributed by atoms with Crippen LogP contribution in [0.25, 0.3) is 0 Å². The predicted molar refractivity (Wildman–Crippen MR) is 109 cm³/mol. The first kappa shape index (κ1) is 21.7. The maximum Gasteiger partial charge on any atom is 0.409 e. The van der Waals surface area contributed by atoms with Gasteiger partial charge < -0.3 is 15.0 Å². The van der Waals surface area contributed by atoms with Crippen LogP contribution in [0.4, 0.5) is 4.79 Å². The summed E-state index contributed by atoms with van der Waals surface area (Å²) in [6, 6.07) is 2.13. The quantitative estimate of drug-likeness (QED) is 0.847. The molecule has 154 valence electrons. The molecule has 3 fully saturated rings. The number of carbonyl (C=O) groups is 1. The number of aryl methyl sites for hydroxylation is 1. The van der Waals surface area contributed by atoms with Crippen molar-refractivity contribution in [2.75, 3.05) is 32.8 Å². The molecule has 1 aliphatic carbocycles. The molecule has 1 aromatic heterocycles. The van der Waals surface area contributed by atoms with Crippen LogP contribution < -0.4 is 5.32 Å². The van der Waals surface area contributed by atoms with Crippen molar-refractivity contribution < 1.29 is 9.53 Å². The first-order chi connectivity index (χ1) is 13.1. The van der Waals surface area contributed by atoms with E-state index in [4.69, 9.17) is 4.74 Å². The molecule has 3 heterocycles. The van der Waals surface area contributed by atoms with Crippen molar-refractivity contribution in [3.63, 3.8) is 0 Å². The standard InChI is InChI=1S/C10H17NO2.C9H15N3.C2H6/c1-2-13-9(12)11-7-6-10(8-11)4-3-5-10;1-12-9(4-7-11-12)8-2-5-10-6-3-8;1-2/h2-8H2,1H3;4,7-8,10H,2-3,5-6H2,1H3;1-2H3. The number of aromatic nitrogens is 2. The Morgan fingerprint density at radius 3 is 2.48 bits per heavy atom. The molecule has 4 rings (SSSR count). The van der Waals surface area contributed by atoms with Gasteiger partial charge in [-0.1, -0.05) is 20.3 Å². The predicted octanol–water partition coefficient (Wildman–Crippen LogP) is 3.93. The maximum absolute atomic E-state index is 11.4. The fourth-order valence-corrected chi connectivity index (χ4v) is 4.29. The highest BCUT2D eigenvalue weighted by Gasteiger charge is 2.44. The maximum atomic E-state index is 11.4. The topological polar surface area (TPSA) is 59.4 Å². The Balaban J connectivity index is 0.000000178. The molecular formula is C21H38N4O2. The molecule has 3 aliphatic rings. The lowest BCUT2D eigenvalue weighted by Gasteiger charge is -2.37. The Morgan fingerprint density at radius 2 is 2.00 bits per heavy atom. The fourth-order valence-electron chi connectivity index (χ4n) is 4.29. The van der Waals surface area contributed by atoms with Crippen LogP contribution in [0, 0.1) is 5.41 Å². The van der Waals surface area contributed by atoms with Gasteiger partial charge >= 0.3 is 6.09 Å². The van der Waals surface area contributed by atoms with E-state index in [1.165, 1.54) is 44.2 Å². The Labute approximate surface area is 164 Å². The lowest BCUT2D eigenvalue weighted by molar-refractivity contribution is 0.0974. The first-order valence-electron chi connectivity index (χ1n) is 10.7. The first-order valence-corrected chi connectivity index (χ1v) is 10.7. The molecule has 0 radical (unpaired) electrons. The lowest BCUT2D eigenvalue weighted by Crippen LogP contribution is -2.36. The van der Waals surface area contributed by atoms with E-state index in [0.29, 0.717) is 12.0 Å². The van der Waals surface area contributed by atoms with E-state index in [1.807, 2.05) is 43.6 Å². The zero-order valence-corrected chi connectivity index (χ0v) is 17.7. The van der Waals surface area contributed by atoms with Gasteiger partial charge in [-0.25, -0.2) is 4.79 Å². The van der Waals surface area contributed by atoms with E-state index in [9.17, 15) is 4.79 Å². The molecule has 6 nitrogen and oxygen atoms in total. The van der Waals surface area contributed by atoms with Crippen molar-refractivity contribution in [1.82, 2.24) is 20.0 Å². The van der Waals surface area contributed by atoms with Crippen LogP contribution in [0.3, 0.4) is 0 Å². The SMILES string of the molecule is CC.CCOC(=O)N1CCC2(CCC2)C1.Cn1nccc1C1CCNCC1. The summed E-state index contributed by atoms with van der Waals surface area (Å²) < 4.78 is 6.97. The molecule has 0 atom stereocenters. The summed E-state index contributed by atoms with van der Waals surface area (Å²) in [5.41, 5.74) is 1.88. The van der Waals surface area contributed by atoms with Crippen LogP contribution in [0.5, 0.6) is 0 Å². The number of hydrogen-bond donors (Lipinski definition) is 1. The molecular weight excluding hydrogens is 340 g/mol.